The SMILES string of the molecule is CCN1CCN(C(=O)CCCC(=O)N2CCN(CC)CC2)CC1. The third-order valence-electron chi connectivity index (χ3n) is 5.13. The normalized spacial score (nSPS) is 20.8. The third kappa shape index (κ3) is 5.46. The van der Waals surface area contributed by atoms with Crippen molar-refractivity contribution in [1.29, 1.82) is 0 Å². The topological polar surface area (TPSA) is 47.1 Å². The summed E-state index contributed by atoms with van der Waals surface area (Å²) < 4.78 is 0. The molecule has 0 aromatic rings. The quantitative estimate of drug-likeness (QED) is 0.713. The molecule has 23 heavy (non-hydrogen) atoms. The summed E-state index contributed by atoms with van der Waals surface area (Å²) >= 11 is 0. The van der Waals surface area contributed by atoms with Crippen molar-refractivity contribution in [3.63, 3.8) is 0 Å². The summed E-state index contributed by atoms with van der Waals surface area (Å²) in [6.45, 7) is 13.7. The number of carbonyl (C=O) groups is 2. The summed E-state index contributed by atoms with van der Waals surface area (Å²) in [6.07, 6.45) is 1.69. The maximum atomic E-state index is 12.2. The van der Waals surface area contributed by atoms with Gasteiger partial charge >= 0.3 is 0 Å². The van der Waals surface area contributed by atoms with Gasteiger partial charge in [0, 0.05) is 65.2 Å². The summed E-state index contributed by atoms with van der Waals surface area (Å²) in [7, 11) is 0. The van der Waals surface area contributed by atoms with Crippen molar-refractivity contribution in [2.24, 2.45) is 0 Å². The molecule has 2 aliphatic heterocycles. The first-order valence-corrected chi connectivity index (χ1v) is 9.14. The fourth-order valence-corrected chi connectivity index (χ4v) is 3.33. The zero-order valence-corrected chi connectivity index (χ0v) is 14.8. The van der Waals surface area contributed by atoms with Gasteiger partial charge in [0.15, 0.2) is 0 Å². The Morgan fingerprint density at radius 3 is 1.30 bits per heavy atom. The van der Waals surface area contributed by atoms with Crippen LogP contribution in [0.2, 0.25) is 0 Å². The van der Waals surface area contributed by atoms with Crippen LogP contribution in [0.25, 0.3) is 0 Å². The van der Waals surface area contributed by atoms with Crippen LogP contribution in [0.5, 0.6) is 0 Å². The van der Waals surface area contributed by atoms with E-state index < -0.39 is 0 Å². The van der Waals surface area contributed by atoms with Crippen LogP contribution in [0.3, 0.4) is 0 Å². The molecule has 2 aliphatic rings. The van der Waals surface area contributed by atoms with Crippen molar-refractivity contribution in [3.05, 3.63) is 0 Å². The van der Waals surface area contributed by atoms with Gasteiger partial charge in [-0.15, -0.1) is 0 Å². The van der Waals surface area contributed by atoms with Gasteiger partial charge in [0.05, 0.1) is 0 Å². The number of nitrogens with zero attached hydrogens (tertiary/aromatic N) is 4. The standard InChI is InChI=1S/C17H32N4O2/c1-3-18-8-12-20(13-9-18)16(22)6-5-7-17(23)21-14-10-19(4-2)11-15-21/h3-15H2,1-2H3. The summed E-state index contributed by atoms with van der Waals surface area (Å²) in [4.78, 5) is 33.1. The molecule has 0 aliphatic carbocycles. The number of carbonyl (C=O) groups excluding carboxylic acids is 2. The Morgan fingerprint density at radius 1 is 0.652 bits per heavy atom. The van der Waals surface area contributed by atoms with Gasteiger partial charge in [0.1, 0.15) is 0 Å². The number of hydrogen-bond acceptors (Lipinski definition) is 4. The van der Waals surface area contributed by atoms with Crippen molar-refractivity contribution in [1.82, 2.24) is 19.6 Å². The van der Waals surface area contributed by atoms with Crippen molar-refractivity contribution >= 4 is 11.8 Å². The van der Waals surface area contributed by atoms with Crippen LogP contribution in [0, 0.1) is 0 Å². The molecule has 0 aromatic carbocycles. The predicted octanol–water partition coefficient (Wildman–Crippen LogP) is 0.485. The molecule has 6 nitrogen and oxygen atoms in total. The highest BCUT2D eigenvalue weighted by molar-refractivity contribution is 5.79. The molecule has 0 N–H and O–H groups in total. The average molecular weight is 324 g/mol. The highest BCUT2D eigenvalue weighted by Crippen LogP contribution is 2.09. The monoisotopic (exact) mass is 324 g/mol. The Kier molecular flexibility index (Phi) is 7.30. The molecule has 0 aromatic heterocycles. The van der Waals surface area contributed by atoms with Gasteiger partial charge in [-0.25, -0.2) is 0 Å². The van der Waals surface area contributed by atoms with Crippen LogP contribution in [-0.2, 0) is 9.59 Å². The molecule has 0 spiro atoms. The molecule has 0 bridgehead atoms. The smallest absolute Gasteiger partial charge is 0.222 e. The van der Waals surface area contributed by atoms with E-state index in [2.05, 4.69) is 23.6 Å². The molecule has 2 saturated heterocycles. The third-order valence-corrected chi connectivity index (χ3v) is 5.13. The fourth-order valence-electron chi connectivity index (χ4n) is 3.33. The Bertz CT molecular complexity index is 350. The lowest BCUT2D eigenvalue weighted by Crippen LogP contribution is -2.49. The number of likely N-dealkylation sites (N-methyl/N-ethyl adjacent to an activating group) is 2. The molecule has 2 fully saturated rings. The van der Waals surface area contributed by atoms with E-state index in [1.54, 1.807) is 0 Å². The van der Waals surface area contributed by atoms with E-state index in [1.807, 2.05) is 9.80 Å². The first-order chi connectivity index (χ1) is 11.1. The van der Waals surface area contributed by atoms with E-state index in [1.165, 1.54) is 0 Å². The van der Waals surface area contributed by atoms with Crippen molar-refractivity contribution < 1.29 is 9.59 Å². The lowest BCUT2D eigenvalue weighted by molar-refractivity contribution is -0.134. The van der Waals surface area contributed by atoms with E-state index in [-0.39, 0.29) is 11.8 Å². The zero-order valence-electron chi connectivity index (χ0n) is 14.8. The fraction of sp³-hybridized carbons (Fsp3) is 0.882. The van der Waals surface area contributed by atoms with Gasteiger partial charge in [-0.3, -0.25) is 9.59 Å². The Labute approximate surface area is 140 Å². The summed E-state index contributed by atoms with van der Waals surface area (Å²) in [5.41, 5.74) is 0. The van der Waals surface area contributed by atoms with Crippen LogP contribution in [0.15, 0.2) is 0 Å². The average Bonchev–Trinajstić information content (AvgIpc) is 2.61. The second-order valence-electron chi connectivity index (χ2n) is 6.48. The van der Waals surface area contributed by atoms with Crippen LogP contribution in [0.1, 0.15) is 33.1 Å². The number of rotatable bonds is 6. The maximum Gasteiger partial charge on any atom is 0.222 e. The first-order valence-electron chi connectivity index (χ1n) is 9.14. The lowest BCUT2D eigenvalue weighted by Gasteiger charge is -2.34. The van der Waals surface area contributed by atoms with Crippen LogP contribution >= 0.6 is 0 Å². The molecule has 2 heterocycles. The number of amides is 2. The minimum atomic E-state index is 0.212. The van der Waals surface area contributed by atoms with Gasteiger partial charge in [0.2, 0.25) is 11.8 Å². The van der Waals surface area contributed by atoms with Crippen LogP contribution in [0.4, 0.5) is 0 Å². The molecule has 6 heteroatoms. The lowest BCUT2D eigenvalue weighted by atomic mass is 10.1. The molecular formula is C17H32N4O2. The maximum absolute atomic E-state index is 12.2. The van der Waals surface area contributed by atoms with E-state index in [4.69, 9.17) is 0 Å². The van der Waals surface area contributed by atoms with E-state index in [9.17, 15) is 9.59 Å². The second-order valence-corrected chi connectivity index (χ2v) is 6.48. The second kappa shape index (κ2) is 9.23. The van der Waals surface area contributed by atoms with Crippen LogP contribution < -0.4 is 0 Å². The molecule has 132 valence electrons. The summed E-state index contributed by atoms with van der Waals surface area (Å²) in [5.74, 6) is 0.425. The Hall–Kier alpha value is -1.14. The summed E-state index contributed by atoms with van der Waals surface area (Å²) in [5, 5.41) is 0. The highest BCUT2D eigenvalue weighted by Gasteiger charge is 2.22. The molecular weight excluding hydrogens is 292 g/mol. The molecule has 0 radical (unpaired) electrons. The minimum Gasteiger partial charge on any atom is -0.340 e. The van der Waals surface area contributed by atoms with Gasteiger partial charge < -0.3 is 19.6 Å². The molecule has 0 saturated carbocycles. The van der Waals surface area contributed by atoms with Gasteiger partial charge in [-0.05, 0) is 19.5 Å². The first kappa shape index (κ1) is 18.2. The van der Waals surface area contributed by atoms with Crippen molar-refractivity contribution in [2.75, 3.05) is 65.4 Å². The van der Waals surface area contributed by atoms with E-state index in [0.29, 0.717) is 19.3 Å². The Morgan fingerprint density at radius 2 is 1.00 bits per heavy atom. The number of hydrogen-bond donors (Lipinski definition) is 0. The summed E-state index contributed by atoms with van der Waals surface area (Å²) in [6, 6.07) is 0. The molecule has 0 atom stereocenters. The number of piperazine rings is 2. The van der Waals surface area contributed by atoms with Gasteiger partial charge in [0.25, 0.3) is 0 Å². The van der Waals surface area contributed by atoms with E-state index in [0.717, 1.165) is 65.4 Å². The van der Waals surface area contributed by atoms with Crippen molar-refractivity contribution in [2.45, 2.75) is 33.1 Å². The molecule has 0 unspecified atom stereocenters. The zero-order chi connectivity index (χ0) is 16.7. The highest BCUT2D eigenvalue weighted by atomic mass is 16.2. The van der Waals surface area contributed by atoms with Gasteiger partial charge in [-0.2, -0.15) is 0 Å². The van der Waals surface area contributed by atoms with Crippen LogP contribution in [-0.4, -0.2) is 96.9 Å². The van der Waals surface area contributed by atoms with Gasteiger partial charge in [-0.1, -0.05) is 13.8 Å². The largest absolute Gasteiger partial charge is 0.340 e. The predicted molar refractivity (Wildman–Crippen MR) is 91.2 cm³/mol. The molecule has 2 rings (SSSR count). The minimum absolute atomic E-state index is 0.212. The van der Waals surface area contributed by atoms with Crippen molar-refractivity contribution in [3.8, 4) is 0 Å². The molecule has 2 amide bonds. The van der Waals surface area contributed by atoms with E-state index >= 15 is 0 Å². The Balaban J connectivity index is 1.61.